The first-order chi connectivity index (χ1) is 8.59. The number of hydrogen-bond acceptors (Lipinski definition) is 4. The summed E-state index contributed by atoms with van der Waals surface area (Å²) in [7, 11) is 0. The Hall–Kier alpha value is -1.69. The van der Waals surface area contributed by atoms with Crippen LogP contribution in [0.1, 0.15) is 19.3 Å². The quantitative estimate of drug-likeness (QED) is 0.637. The molecule has 2 atom stereocenters. The number of carbonyl (C=O) groups is 3. The van der Waals surface area contributed by atoms with Crippen LogP contribution in [0.25, 0.3) is 0 Å². The standard InChI is InChI=1S/C12H17N3O3/c13-9-3-1-2-8(9)12(18)14-6-7-15-10(16)4-5-11(15)17/h4-5,8-9H,1-3,6-7,13H2,(H,14,18)/t8-,9?/m0/s1. The molecular formula is C12H17N3O3. The summed E-state index contributed by atoms with van der Waals surface area (Å²) < 4.78 is 0. The Morgan fingerprint density at radius 3 is 2.56 bits per heavy atom. The third-order valence-corrected chi connectivity index (χ3v) is 3.44. The molecule has 18 heavy (non-hydrogen) atoms. The normalized spacial score (nSPS) is 27.1. The minimum atomic E-state index is -0.327. The molecule has 0 bridgehead atoms. The largest absolute Gasteiger partial charge is 0.354 e. The van der Waals surface area contributed by atoms with Crippen molar-refractivity contribution in [3.63, 3.8) is 0 Å². The number of carbonyl (C=O) groups excluding carboxylic acids is 3. The van der Waals surface area contributed by atoms with Crippen molar-refractivity contribution in [2.24, 2.45) is 11.7 Å². The lowest BCUT2D eigenvalue weighted by atomic mass is 10.0. The summed E-state index contributed by atoms with van der Waals surface area (Å²) in [6.45, 7) is 0.486. The number of amides is 3. The van der Waals surface area contributed by atoms with E-state index in [-0.39, 0.29) is 42.8 Å². The number of rotatable bonds is 4. The van der Waals surface area contributed by atoms with Crippen LogP contribution in [0.3, 0.4) is 0 Å². The lowest BCUT2D eigenvalue weighted by Crippen LogP contribution is -2.43. The highest BCUT2D eigenvalue weighted by Crippen LogP contribution is 2.23. The molecule has 6 nitrogen and oxygen atoms in total. The molecule has 3 N–H and O–H groups in total. The predicted octanol–water partition coefficient (Wildman–Crippen LogP) is -0.845. The molecule has 0 saturated heterocycles. The van der Waals surface area contributed by atoms with Crippen molar-refractivity contribution in [2.45, 2.75) is 25.3 Å². The second-order valence-corrected chi connectivity index (χ2v) is 4.65. The fourth-order valence-electron chi connectivity index (χ4n) is 2.39. The van der Waals surface area contributed by atoms with Gasteiger partial charge in [-0.15, -0.1) is 0 Å². The summed E-state index contributed by atoms with van der Waals surface area (Å²) in [4.78, 5) is 35.4. The van der Waals surface area contributed by atoms with Crippen molar-refractivity contribution in [2.75, 3.05) is 13.1 Å². The zero-order chi connectivity index (χ0) is 13.1. The molecule has 1 aliphatic heterocycles. The van der Waals surface area contributed by atoms with Gasteiger partial charge < -0.3 is 11.1 Å². The number of nitrogens with one attached hydrogen (secondary N) is 1. The Labute approximate surface area is 105 Å². The van der Waals surface area contributed by atoms with E-state index in [1.165, 1.54) is 12.2 Å². The van der Waals surface area contributed by atoms with Gasteiger partial charge in [0.25, 0.3) is 11.8 Å². The maximum atomic E-state index is 11.8. The van der Waals surface area contributed by atoms with Gasteiger partial charge in [0.1, 0.15) is 0 Å². The third-order valence-electron chi connectivity index (χ3n) is 3.44. The van der Waals surface area contributed by atoms with Gasteiger partial charge in [0, 0.05) is 31.3 Å². The second-order valence-electron chi connectivity index (χ2n) is 4.65. The monoisotopic (exact) mass is 251 g/mol. The van der Waals surface area contributed by atoms with Gasteiger partial charge in [-0.25, -0.2) is 0 Å². The molecule has 0 spiro atoms. The highest BCUT2D eigenvalue weighted by Gasteiger charge is 2.30. The topological polar surface area (TPSA) is 92.5 Å². The molecule has 1 aliphatic carbocycles. The zero-order valence-electron chi connectivity index (χ0n) is 10.1. The molecule has 2 aliphatic rings. The first-order valence-corrected chi connectivity index (χ1v) is 6.16. The van der Waals surface area contributed by atoms with Crippen LogP contribution in [0.4, 0.5) is 0 Å². The van der Waals surface area contributed by atoms with Crippen LogP contribution in [0.15, 0.2) is 12.2 Å². The van der Waals surface area contributed by atoms with Crippen LogP contribution >= 0.6 is 0 Å². The number of nitrogens with zero attached hydrogens (tertiary/aromatic N) is 1. The molecular weight excluding hydrogens is 234 g/mol. The maximum Gasteiger partial charge on any atom is 0.253 e. The summed E-state index contributed by atoms with van der Waals surface area (Å²) in [6, 6.07) is -0.0679. The number of hydrogen-bond donors (Lipinski definition) is 2. The van der Waals surface area contributed by atoms with Gasteiger partial charge in [0.05, 0.1) is 5.92 Å². The average Bonchev–Trinajstić information content (AvgIpc) is 2.89. The number of imide groups is 1. The molecule has 1 heterocycles. The summed E-state index contributed by atoms with van der Waals surface area (Å²) in [5, 5.41) is 2.73. The van der Waals surface area contributed by atoms with Crippen molar-refractivity contribution in [1.82, 2.24) is 10.2 Å². The molecule has 2 rings (SSSR count). The van der Waals surface area contributed by atoms with E-state index < -0.39 is 0 Å². The lowest BCUT2D eigenvalue weighted by Gasteiger charge is -2.17. The molecule has 1 unspecified atom stereocenters. The fourth-order valence-corrected chi connectivity index (χ4v) is 2.39. The highest BCUT2D eigenvalue weighted by atomic mass is 16.2. The predicted molar refractivity (Wildman–Crippen MR) is 64.2 cm³/mol. The molecule has 98 valence electrons. The Balaban J connectivity index is 1.74. The average molecular weight is 251 g/mol. The lowest BCUT2D eigenvalue weighted by molar-refractivity contribution is -0.137. The molecule has 0 aromatic carbocycles. The van der Waals surface area contributed by atoms with E-state index in [0.717, 1.165) is 24.2 Å². The summed E-state index contributed by atoms with van der Waals surface area (Å²) in [5.41, 5.74) is 5.83. The Morgan fingerprint density at radius 1 is 1.33 bits per heavy atom. The van der Waals surface area contributed by atoms with Crippen molar-refractivity contribution in [3.8, 4) is 0 Å². The summed E-state index contributed by atoms with van der Waals surface area (Å²) in [6.07, 6.45) is 5.14. The van der Waals surface area contributed by atoms with Crippen molar-refractivity contribution in [3.05, 3.63) is 12.2 Å². The van der Waals surface area contributed by atoms with Crippen LogP contribution in [-0.2, 0) is 14.4 Å². The van der Waals surface area contributed by atoms with E-state index in [1.807, 2.05) is 0 Å². The minimum Gasteiger partial charge on any atom is -0.354 e. The highest BCUT2D eigenvalue weighted by molar-refractivity contribution is 6.12. The van der Waals surface area contributed by atoms with Crippen molar-refractivity contribution in [1.29, 1.82) is 0 Å². The first-order valence-electron chi connectivity index (χ1n) is 6.16. The van der Waals surface area contributed by atoms with Crippen LogP contribution in [0, 0.1) is 5.92 Å². The third kappa shape index (κ3) is 2.59. The molecule has 1 saturated carbocycles. The van der Waals surface area contributed by atoms with Gasteiger partial charge in [0.2, 0.25) is 5.91 Å². The maximum absolute atomic E-state index is 11.8. The SMILES string of the molecule is NC1CCC[C@@H]1C(=O)NCCN1C(=O)C=CC1=O. The summed E-state index contributed by atoms with van der Waals surface area (Å²) >= 11 is 0. The van der Waals surface area contributed by atoms with E-state index in [1.54, 1.807) is 0 Å². The number of nitrogens with two attached hydrogens (primary N) is 1. The van der Waals surface area contributed by atoms with Crippen LogP contribution in [0.5, 0.6) is 0 Å². The van der Waals surface area contributed by atoms with Crippen LogP contribution in [0.2, 0.25) is 0 Å². The van der Waals surface area contributed by atoms with Crippen molar-refractivity contribution < 1.29 is 14.4 Å². The van der Waals surface area contributed by atoms with Gasteiger partial charge in [-0.1, -0.05) is 6.42 Å². The van der Waals surface area contributed by atoms with E-state index >= 15 is 0 Å². The van der Waals surface area contributed by atoms with E-state index in [2.05, 4.69) is 5.32 Å². The van der Waals surface area contributed by atoms with Gasteiger partial charge in [-0.2, -0.15) is 0 Å². The molecule has 0 radical (unpaired) electrons. The molecule has 1 fully saturated rings. The second kappa shape index (κ2) is 5.30. The smallest absolute Gasteiger partial charge is 0.253 e. The Kier molecular flexibility index (Phi) is 3.76. The van der Waals surface area contributed by atoms with E-state index in [9.17, 15) is 14.4 Å². The van der Waals surface area contributed by atoms with Gasteiger partial charge in [-0.05, 0) is 12.8 Å². The minimum absolute atomic E-state index is 0.0679. The van der Waals surface area contributed by atoms with Crippen LogP contribution < -0.4 is 11.1 Å². The molecule has 0 aromatic heterocycles. The van der Waals surface area contributed by atoms with Crippen molar-refractivity contribution >= 4 is 17.7 Å². The zero-order valence-corrected chi connectivity index (χ0v) is 10.1. The van der Waals surface area contributed by atoms with E-state index in [4.69, 9.17) is 5.73 Å². The summed E-state index contributed by atoms with van der Waals surface area (Å²) in [5.74, 6) is -0.862. The molecule has 3 amide bonds. The van der Waals surface area contributed by atoms with Gasteiger partial charge in [0.15, 0.2) is 0 Å². The van der Waals surface area contributed by atoms with E-state index in [0.29, 0.717) is 0 Å². The van der Waals surface area contributed by atoms with Gasteiger partial charge >= 0.3 is 0 Å². The van der Waals surface area contributed by atoms with Crippen LogP contribution in [-0.4, -0.2) is 41.8 Å². The fraction of sp³-hybridized carbons (Fsp3) is 0.583. The molecule has 6 heteroatoms. The molecule has 0 aromatic rings. The first kappa shape index (κ1) is 12.8. The Bertz CT molecular complexity index is 387. The Morgan fingerprint density at radius 2 is 2.00 bits per heavy atom. The van der Waals surface area contributed by atoms with Gasteiger partial charge in [-0.3, -0.25) is 19.3 Å².